The molecule has 2 unspecified atom stereocenters. The van der Waals surface area contributed by atoms with Gasteiger partial charge in [-0.2, -0.15) is 0 Å². The van der Waals surface area contributed by atoms with Crippen LogP contribution in [0.15, 0.2) is 0 Å². The van der Waals surface area contributed by atoms with Crippen molar-refractivity contribution in [3.8, 4) is 0 Å². The van der Waals surface area contributed by atoms with Gasteiger partial charge in [-0.25, -0.2) is 0 Å². The maximum absolute atomic E-state index is 9.64. The summed E-state index contributed by atoms with van der Waals surface area (Å²) >= 11 is 0. The average Bonchev–Trinajstić information content (AvgIpc) is 2.76. The van der Waals surface area contributed by atoms with Gasteiger partial charge in [0.2, 0.25) is 0 Å². The van der Waals surface area contributed by atoms with Crippen LogP contribution in [-0.2, 0) is 9.47 Å². The molecule has 4 heteroatoms. The number of ether oxygens (including phenoxy) is 2. The van der Waals surface area contributed by atoms with Crippen LogP contribution in [0.1, 0.15) is 33.1 Å². The van der Waals surface area contributed by atoms with E-state index in [1.165, 1.54) is 12.8 Å². The summed E-state index contributed by atoms with van der Waals surface area (Å²) in [5, 5.41) is 12.9. The number of aliphatic hydroxyl groups excluding tert-OH is 1. The van der Waals surface area contributed by atoms with E-state index in [1.807, 2.05) is 0 Å². The van der Waals surface area contributed by atoms with Gasteiger partial charge in [0.1, 0.15) is 0 Å². The van der Waals surface area contributed by atoms with Crippen LogP contribution in [0, 0.1) is 5.92 Å². The van der Waals surface area contributed by atoms with Crippen LogP contribution in [0.2, 0.25) is 0 Å². The van der Waals surface area contributed by atoms with Gasteiger partial charge in [-0.3, -0.25) is 0 Å². The third-order valence-corrected chi connectivity index (χ3v) is 2.81. The van der Waals surface area contributed by atoms with Crippen LogP contribution in [0.4, 0.5) is 0 Å². The number of hydrogen-bond donors (Lipinski definition) is 2. The molecule has 1 fully saturated rings. The van der Waals surface area contributed by atoms with Crippen molar-refractivity contribution in [1.82, 2.24) is 5.32 Å². The molecule has 1 aliphatic heterocycles. The highest BCUT2D eigenvalue weighted by atomic mass is 16.5. The number of nitrogens with one attached hydrogen (secondary N) is 1. The Balaban J connectivity index is 1.87. The second-order valence-electron chi connectivity index (χ2n) is 5.21. The van der Waals surface area contributed by atoms with Crippen molar-refractivity contribution in [2.24, 2.45) is 5.92 Å². The molecule has 1 saturated heterocycles. The van der Waals surface area contributed by atoms with Gasteiger partial charge in [0.05, 0.1) is 18.8 Å². The zero-order chi connectivity index (χ0) is 12.5. The molecule has 0 spiro atoms. The van der Waals surface area contributed by atoms with E-state index in [0.29, 0.717) is 31.8 Å². The van der Waals surface area contributed by atoms with Crippen molar-refractivity contribution in [2.45, 2.75) is 45.3 Å². The number of hydrogen-bond acceptors (Lipinski definition) is 4. The largest absolute Gasteiger partial charge is 0.389 e. The SMILES string of the molecule is CC(C)COCC(O)CNCCC1CCCO1. The Labute approximate surface area is 105 Å². The summed E-state index contributed by atoms with van der Waals surface area (Å²) in [6, 6.07) is 0. The smallest absolute Gasteiger partial charge is 0.0897 e. The van der Waals surface area contributed by atoms with Gasteiger partial charge in [0.15, 0.2) is 0 Å². The van der Waals surface area contributed by atoms with E-state index in [0.717, 1.165) is 19.6 Å². The molecular formula is C13H27NO3. The Kier molecular flexibility index (Phi) is 7.77. The van der Waals surface area contributed by atoms with Crippen molar-refractivity contribution < 1.29 is 14.6 Å². The van der Waals surface area contributed by atoms with E-state index >= 15 is 0 Å². The molecule has 102 valence electrons. The highest BCUT2D eigenvalue weighted by Gasteiger charge is 2.14. The molecule has 0 aromatic rings. The van der Waals surface area contributed by atoms with Crippen LogP contribution in [-0.4, -0.2) is 50.2 Å². The second kappa shape index (κ2) is 8.86. The quantitative estimate of drug-likeness (QED) is 0.599. The molecule has 0 radical (unpaired) electrons. The summed E-state index contributed by atoms with van der Waals surface area (Å²) in [6.07, 6.45) is 3.44. The van der Waals surface area contributed by atoms with Crippen molar-refractivity contribution in [1.29, 1.82) is 0 Å². The highest BCUT2D eigenvalue weighted by Crippen LogP contribution is 2.14. The lowest BCUT2D eigenvalue weighted by atomic mass is 10.2. The first-order valence-electron chi connectivity index (χ1n) is 6.76. The molecule has 2 N–H and O–H groups in total. The molecule has 0 aromatic carbocycles. The fourth-order valence-corrected chi connectivity index (χ4v) is 1.90. The fraction of sp³-hybridized carbons (Fsp3) is 1.00. The molecule has 0 bridgehead atoms. The summed E-state index contributed by atoms with van der Waals surface area (Å²) in [7, 11) is 0. The molecule has 1 heterocycles. The van der Waals surface area contributed by atoms with E-state index in [2.05, 4.69) is 19.2 Å². The predicted octanol–water partition coefficient (Wildman–Crippen LogP) is 1.18. The van der Waals surface area contributed by atoms with Crippen molar-refractivity contribution in [3.05, 3.63) is 0 Å². The van der Waals surface area contributed by atoms with Gasteiger partial charge >= 0.3 is 0 Å². The first kappa shape index (κ1) is 14.9. The maximum Gasteiger partial charge on any atom is 0.0897 e. The first-order chi connectivity index (χ1) is 8.18. The lowest BCUT2D eigenvalue weighted by Crippen LogP contribution is -2.32. The van der Waals surface area contributed by atoms with E-state index in [-0.39, 0.29) is 0 Å². The standard InChI is InChI=1S/C13H27NO3/c1-11(2)9-16-10-12(15)8-14-6-5-13-4-3-7-17-13/h11-15H,3-10H2,1-2H3. The van der Waals surface area contributed by atoms with Crippen LogP contribution in [0.25, 0.3) is 0 Å². The monoisotopic (exact) mass is 245 g/mol. The van der Waals surface area contributed by atoms with Crippen LogP contribution < -0.4 is 5.32 Å². The number of rotatable bonds is 9. The third kappa shape index (κ3) is 7.71. The maximum atomic E-state index is 9.64. The highest BCUT2D eigenvalue weighted by molar-refractivity contribution is 4.67. The predicted molar refractivity (Wildman–Crippen MR) is 68.1 cm³/mol. The minimum Gasteiger partial charge on any atom is -0.389 e. The molecule has 0 saturated carbocycles. The van der Waals surface area contributed by atoms with E-state index in [4.69, 9.17) is 9.47 Å². The topological polar surface area (TPSA) is 50.7 Å². The minimum absolute atomic E-state index is 0.404. The van der Waals surface area contributed by atoms with Crippen molar-refractivity contribution in [2.75, 3.05) is 32.9 Å². The van der Waals surface area contributed by atoms with Crippen LogP contribution in [0.5, 0.6) is 0 Å². The van der Waals surface area contributed by atoms with E-state index in [1.54, 1.807) is 0 Å². The zero-order valence-electron chi connectivity index (χ0n) is 11.2. The lowest BCUT2D eigenvalue weighted by molar-refractivity contribution is 0.0256. The van der Waals surface area contributed by atoms with Gasteiger partial charge in [-0.15, -0.1) is 0 Å². The third-order valence-electron chi connectivity index (χ3n) is 2.81. The molecule has 17 heavy (non-hydrogen) atoms. The fourth-order valence-electron chi connectivity index (χ4n) is 1.90. The molecule has 1 aliphatic rings. The van der Waals surface area contributed by atoms with Crippen LogP contribution >= 0.6 is 0 Å². The summed E-state index contributed by atoms with van der Waals surface area (Å²) < 4.78 is 10.9. The Morgan fingerprint density at radius 1 is 1.41 bits per heavy atom. The molecule has 2 atom stereocenters. The van der Waals surface area contributed by atoms with Gasteiger partial charge in [-0.1, -0.05) is 13.8 Å². The van der Waals surface area contributed by atoms with Crippen molar-refractivity contribution >= 4 is 0 Å². The molecule has 0 aromatic heterocycles. The zero-order valence-corrected chi connectivity index (χ0v) is 11.2. The van der Waals surface area contributed by atoms with Crippen molar-refractivity contribution in [3.63, 3.8) is 0 Å². The molecule has 0 amide bonds. The van der Waals surface area contributed by atoms with E-state index in [9.17, 15) is 5.11 Å². The molecule has 4 nitrogen and oxygen atoms in total. The Hall–Kier alpha value is -0.160. The minimum atomic E-state index is -0.404. The lowest BCUT2D eigenvalue weighted by Gasteiger charge is -2.14. The second-order valence-corrected chi connectivity index (χ2v) is 5.21. The van der Waals surface area contributed by atoms with Gasteiger partial charge in [0.25, 0.3) is 0 Å². The Morgan fingerprint density at radius 3 is 2.88 bits per heavy atom. The summed E-state index contributed by atoms with van der Waals surface area (Å²) in [6.45, 7) is 7.77. The first-order valence-corrected chi connectivity index (χ1v) is 6.76. The molecule has 0 aliphatic carbocycles. The summed E-state index contributed by atoms with van der Waals surface area (Å²) in [4.78, 5) is 0. The average molecular weight is 245 g/mol. The molecule has 1 rings (SSSR count). The summed E-state index contributed by atoms with van der Waals surface area (Å²) in [5.41, 5.74) is 0. The van der Waals surface area contributed by atoms with Gasteiger partial charge in [0, 0.05) is 19.8 Å². The Morgan fingerprint density at radius 2 is 2.24 bits per heavy atom. The molecular weight excluding hydrogens is 218 g/mol. The number of aliphatic hydroxyl groups is 1. The van der Waals surface area contributed by atoms with Gasteiger partial charge in [-0.05, 0) is 31.7 Å². The normalized spacial score (nSPS) is 22.2. The van der Waals surface area contributed by atoms with E-state index < -0.39 is 6.10 Å². The summed E-state index contributed by atoms with van der Waals surface area (Å²) in [5.74, 6) is 0.523. The van der Waals surface area contributed by atoms with Gasteiger partial charge < -0.3 is 19.9 Å². The van der Waals surface area contributed by atoms with Crippen LogP contribution in [0.3, 0.4) is 0 Å². The Bertz CT molecular complexity index is 182.